The van der Waals surface area contributed by atoms with E-state index in [1.54, 1.807) is 6.92 Å². The normalized spacial score (nSPS) is 16.8. The van der Waals surface area contributed by atoms with Gasteiger partial charge in [-0.15, -0.1) is 0 Å². The summed E-state index contributed by atoms with van der Waals surface area (Å²) in [5.74, 6) is 0. The summed E-state index contributed by atoms with van der Waals surface area (Å²) in [6, 6.07) is 0. The molecule has 2 unspecified atom stereocenters. The fourth-order valence-electron chi connectivity index (χ4n) is 0.696. The van der Waals surface area contributed by atoms with Crippen LogP contribution in [0, 0.1) is 6.42 Å². The quantitative estimate of drug-likeness (QED) is 0.608. The van der Waals surface area contributed by atoms with Crippen LogP contribution in [0.4, 0.5) is 0 Å². The van der Waals surface area contributed by atoms with E-state index in [9.17, 15) is 0 Å². The molecule has 0 rings (SSSR count). The van der Waals surface area contributed by atoms with E-state index in [-0.39, 0.29) is 12.2 Å². The second kappa shape index (κ2) is 5.69. The van der Waals surface area contributed by atoms with Crippen molar-refractivity contribution in [2.45, 2.75) is 45.3 Å². The summed E-state index contributed by atoms with van der Waals surface area (Å²) in [4.78, 5) is 0. The molecule has 2 heteroatoms. The molecule has 0 saturated carbocycles. The van der Waals surface area contributed by atoms with Gasteiger partial charge in [-0.1, -0.05) is 6.92 Å². The van der Waals surface area contributed by atoms with Crippen molar-refractivity contribution in [2.75, 3.05) is 0 Å². The molecule has 0 saturated heterocycles. The summed E-state index contributed by atoms with van der Waals surface area (Å²) >= 11 is 0. The molecule has 0 aliphatic heterocycles. The van der Waals surface area contributed by atoms with Crippen LogP contribution in [-0.4, -0.2) is 22.4 Å². The third kappa shape index (κ3) is 6.05. The monoisotopic (exact) mass is 145 g/mol. The SMILES string of the molecule is CCC(O)C[CH]CC(C)O. The predicted molar refractivity (Wildman–Crippen MR) is 41.5 cm³/mol. The van der Waals surface area contributed by atoms with E-state index in [0.29, 0.717) is 12.8 Å². The highest BCUT2D eigenvalue weighted by Gasteiger charge is 2.01. The molecule has 0 aromatic heterocycles. The summed E-state index contributed by atoms with van der Waals surface area (Å²) in [6.45, 7) is 3.69. The zero-order valence-corrected chi connectivity index (χ0v) is 6.75. The molecule has 1 radical (unpaired) electrons. The van der Waals surface area contributed by atoms with Gasteiger partial charge in [0.15, 0.2) is 0 Å². The average molecular weight is 145 g/mol. The summed E-state index contributed by atoms with van der Waals surface area (Å²) in [6.07, 6.45) is 3.59. The molecule has 2 atom stereocenters. The van der Waals surface area contributed by atoms with E-state index in [1.165, 1.54) is 0 Å². The van der Waals surface area contributed by atoms with Gasteiger partial charge >= 0.3 is 0 Å². The first-order chi connectivity index (χ1) is 4.66. The molecule has 0 amide bonds. The smallest absolute Gasteiger partial charge is 0.0540 e. The van der Waals surface area contributed by atoms with Crippen molar-refractivity contribution in [3.8, 4) is 0 Å². The van der Waals surface area contributed by atoms with Crippen molar-refractivity contribution in [1.29, 1.82) is 0 Å². The van der Waals surface area contributed by atoms with Gasteiger partial charge in [0.2, 0.25) is 0 Å². The fourth-order valence-corrected chi connectivity index (χ4v) is 0.696. The Morgan fingerprint density at radius 3 is 2.30 bits per heavy atom. The molecular weight excluding hydrogens is 128 g/mol. The highest BCUT2D eigenvalue weighted by molar-refractivity contribution is 4.71. The first-order valence-electron chi connectivity index (χ1n) is 3.84. The lowest BCUT2D eigenvalue weighted by atomic mass is 10.1. The van der Waals surface area contributed by atoms with E-state index < -0.39 is 0 Å². The predicted octanol–water partition coefficient (Wildman–Crippen LogP) is 1.12. The number of aliphatic hydroxyl groups is 2. The Bertz CT molecular complexity index is 71.7. The van der Waals surface area contributed by atoms with Crippen molar-refractivity contribution in [2.24, 2.45) is 0 Å². The Morgan fingerprint density at radius 2 is 1.90 bits per heavy atom. The molecule has 0 aliphatic rings. The van der Waals surface area contributed by atoms with E-state index in [1.807, 2.05) is 13.3 Å². The van der Waals surface area contributed by atoms with Gasteiger partial charge in [-0.3, -0.25) is 0 Å². The lowest BCUT2D eigenvalue weighted by molar-refractivity contribution is 0.158. The number of hydrogen-bond acceptors (Lipinski definition) is 2. The van der Waals surface area contributed by atoms with E-state index in [2.05, 4.69) is 0 Å². The lowest BCUT2D eigenvalue weighted by Gasteiger charge is -2.07. The molecule has 0 aliphatic carbocycles. The van der Waals surface area contributed by atoms with Crippen LogP contribution in [0.5, 0.6) is 0 Å². The molecule has 10 heavy (non-hydrogen) atoms. The summed E-state index contributed by atoms with van der Waals surface area (Å²) in [7, 11) is 0. The third-order valence-electron chi connectivity index (χ3n) is 1.42. The lowest BCUT2D eigenvalue weighted by Crippen LogP contribution is -2.07. The minimum atomic E-state index is -0.274. The number of hydrogen-bond donors (Lipinski definition) is 2. The van der Waals surface area contributed by atoms with Crippen LogP contribution in [0.25, 0.3) is 0 Å². The van der Waals surface area contributed by atoms with Crippen LogP contribution in [-0.2, 0) is 0 Å². The molecule has 0 aromatic rings. The minimum Gasteiger partial charge on any atom is -0.393 e. The Hall–Kier alpha value is -0.0800. The summed E-state index contributed by atoms with van der Waals surface area (Å²) in [5.41, 5.74) is 0. The van der Waals surface area contributed by atoms with Crippen LogP contribution < -0.4 is 0 Å². The van der Waals surface area contributed by atoms with Gasteiger partial charge in [0.25, 0.3) is 0 Å². The van der Waals surface area contributed by atoms with Crippen molar-refractivity contribution in [3.05, 3.63) is 6.42 Å². The largest absolute Gasteiger partial charge is 0.393 e. The van der Waals surface area contributed by atoms with Gasteiger partial charge in [0, 0.05) is 0 Å². The molecule has 0 bridgehead atoms. The number of aliphatic hydroxyl groups excluding tert-OH is 2. The van der Waals surface area contributed by atoms with Crippen LogP contribution in [0.3, 0.4) is 0 Å². The molecule has 2 N–H and O–H groups in total. The minimum absolute atomic E-state index is 0.223. The fraction of sp³-hybridized carbons (Fsp3) is 0.875. The van der Waals surface area contributed by atoms with Crippen molar-refractivity contribution in [1.82, 2.24) is 0 Å². The maximum atomic E-state index is 9.06. The van der Waals surface area contributed by atoms with Gasteiger partial charge in [0.1, 0.15) is 0 Å². The molecule has 0 fully saturated rings. The molecule has 2 nitrogen and oxygen atoms in total. The highest BCUT2D eigenvalue weighted by atomic mass is 16.3. The average Bonchev–Trinajstić information content (AvgIpc) is 1.87. The number of rotatable bonds is 5. The third-order valence-corrected chi connectivity index (χ3v) is 1.42. The molecule has 0 heterocycles. The molecule has 0 spiro atoms. The van der Waals surface area contributed by atoms with Gasteiger partial charge in [0.05, 0.1) is 12.2 Å². The van der Waals surface area contributed by atoms with Crippen molar-refractivity contribution < 1.29 is 10.2 Å². The standard InChI is InChI=1S/C8H17O2/c1-3-8(10)6-4-5-7(2)9/h4,7-10H,3,5-6H2,1-2H3. The zero-order valence-electron chi connectivity index (χ0n) is 6.75. The van der Waals surface area contributed by atoms with E-state index >= 15 is 0 Å². The summed E-state index contributed by atoms with van der Waals surface area (Å²) in [5, 5.41) is 17.9. The Labute approximate surface area is 62.9 Å². The first-order valence-corrected chi connectivity index (χ1v) is 3.84. The van der Waals surface area contributed by atoms with Gasteiger partial charge in [-0.2, -0.15) is 0 Å². The zero-order chi connectivity index (χ0) is 7.98. The van der Waals surface area contributed by atoms with Crippen molar-refractivity contribution >= 4 is 0 Å². The molecule has 61 valence electrons. The van der Waals surface area contributed by atoms with Crippen LogP contribution in [0.1, 0.15) is 33.1 Å². The van der Waals surface area contributed by atoms with Crippen LogP contribution in [0.15, 0.2) is 0 Å². The molecule has 0 aromatic carbocycles. The second-order valence-electron chi connectivity index (χ2n) is 2.67. The first kappa shape index (κ1) is 9.92. The van der Waals surface area contributed by atoms with E-state index in [4.69, 9.17) is 10.2 Å². The Morgan fingerprint density at radius 1 is 1.30 bits per heavy atom. The van der Waals surface area contributed by atoms with Crippen LogP contribution in [0.2, 0.25) is 0 Å². The van der Waals surface area contributed by atoms with Gasteiger partial charge in [-0.25, -0.2) is 0 Å². The topological polar surface area (TPSA) is 40.5 Å². The van der Waals surface area contributed by atoms with Crippen LogP contribution >= 0.6 is 0 Å². The Balaban J connectivity index is 3.03. The van der Waals surface area contributed by atoms with E-state index in [0.717, 1.165) is 6.42 Å². The highest BCUT2D eigenvalue weighted by Crippen LogP contribution is 2.04. The maximum Gasteiger partial charge on any atom is 0.0540 e. The second-order valence-corrected chi connectivity index (χ2v) is 2.67. The maximum absolute atomic E-state index is 9.06. The Kier molecular flexibility index (Phi) is 5.64. The van der Waals surface area contributed by atoms with Gasteiger partial charge < -0.3 is 10.2 Å². The summed E-state index contributed by atoms with van der Waals surface area (Å²) < 4.78 is 0. The molecular formula is C8H17O2. The van der Waals surface area contributed by atoms with Crippen molar-refractivity contribution in [3.63, 3.8) is 0 Å². The van der Waals surface area contributed by atoms with Gasteiger partial charge in [-0.05, 0) is 32.6 Å².